The Balaban J connectivity index is -0.0000000800. The summed E-state index contributed by atoms with van der Waals surface area (Å²) < 4.78 is 1.00. The third-order valence-corrected chi connectivity index (χ3v) is 0. The molecule has 1 nitrogen and oxygen atoms in total. The molecule has 0 aromatic carbocycles. The Labute approximate surface area is 85.9 Å². The van der Waals surface area contributed by atoms with Crippen molar-refractivity contribution in [2.75, 3.05) is 28.2 Å². The summed E-state index contributed by atoms with van der Waals surface area (Å²) in [5, 5.41) is 0. The molecule has 0 amide bonds. The van der Waals surface area contributed by atoms with E-state index in [-0.39, 0.29) is 54.4 Å². The van der Waals surface area contributed by atoms with E-state index in [4.69, 9.17) is 0 Å². The van der Waals surface area contributed by atoms with E-state index in [1.165, 1.54) is 0 Å². The van der Waals surface area contributed by atoms with Crippen LogP contribution in [-0.2, 0) is 0 Å². The average molecular weight is 263 g/mol. The van der Waals surface area contributed by atoms with Gasteiger partial charge in [0.1, 0.15) is 0 Å². The first kappa shape index (κ1) is 15.8. The molecule has 0 saturated carbocycles. The van der Waals surface area contributed by atoms with E-state index < -0.39 is 0 Å². The summed E-state index contributed by atoms with van der Waals surface area (Å²) in [6.45, 7) is 0. The van der Waals surface area contributed by atoms with Crippen molar-refractivity contribution in [2.24, 2.45) is 0 Å². The minimum atomic E-state index is 0. The van der Waals surface area contributed by atoms with Crippen LogP contribution in [0.5, 0.6) is 0 Å². The van der Waals surface area contributed by atoms with E-state index in [1.807, 2.05) is 0 Å². The molecule has 0 spiro atoms. The van der Waals surface area contributed by atoms with E-state index in [0.717, 1.165) is 4.48 Å². The Kier molecular flexibility index (Phi) is 12.7. The molecule has 0 heterocycles. The summed E-state index contributed by atoms with van der Waals surface area (Å²) in [7, 11) is 8.50. The molecule has 0 aliphatic carbocycles. The maximum atomic E-state index is 2.12. The number of nitrogens with zero attached hydrogens (tertiary/aromatic N) is 1. The Bertz CT molecular complexity index is 23.6. The van der Waals surface area contributed by atoms with E-state index >= 15 is 0 Å². The molecule has 0 bridgehead atoms. The number of quaternary nitrogens is 1. The Hall–Kier alpha value is 1.48. The van der Waals surface area contributed by atoms with Gasteiger partial charge in [0, 0.05) is 46.9 Å². The summed E-state index contributed by atoms with van der Waals surface area (Å²) in [6.07, 6.45) is 0. The first-order valence-corrected chi connectivity index (χ1v) is 1.79. The van der Waals surface area contributed by atoms with Crippen molar-refractivity contribution in [1.82, 2.24) is 0 Å². The predicted molar refractivity (Wildman–Crippen MR) is 30.7 cm³/mol. The van der Waals surface area contributed by atoms with Gasteiger partial charge in [0.15, 0.2) is 0 Å². The fraction of sp³-hybridized carbons (Fsp3) is 1.00. The van der Waals surface area contributed by atoms with Gasteiger partial charge in [0.2, 0.25) is 0 Å². The molecule has 0 aromatic rings. The van der Waals surface area contributed by atoms with Gasteiger partial charge in [-0.15, -0.1) is 0 Å². The maximum absolute atomic E-state index is 2.12. The summed E-state index contributed by atoms with van der Waals surface area (Å²) >= 11 is 0. The Morgan fingerprint density at radius 3 is 0.857 bits per heavy atom. The predicted octanol–water partition coefficient (Wildman–Crippen LogP) is 0.958. The van der Waals surface area contributed by atoms with Gasteiger partial charge >= 0.3 is 0 Å². The van der Waals surface area contributed by atoms with Crippen molar-refractivity contribution in [1.29, 1.82) is 0 Å². The molecule has 0 rings (SSSR count). The van der Waals surface area contributed by atoms with Gasteiger partial charge in [-0.3, -0.25) is 0 Å². The first-order valence-electron chi connectivity index (χ1n) is 1.79. The van der Waals surface area contributed by atoms with Crippen LogP contribution in [0.25, 0.3) is 0 Å². The number of rotatable bonds is 0. The molecule has 0 aliphatic heterocycles. The second-order valence-corrected chi connectivity index (χ2v) is 2.68. The molecule has 7 heavy (non-hydrogen) atoms. The van der Waals surface area contributed by atoms with Crippen LogP contribution in [0, 0.1) is 46.9 Å². The largest absolute Gasteiger partial charge is 0.333 e. The first-order chi connectivity index (χ1) is 2.00. The molecule has 0 fully saturated rings. The SMILES string of the molecule is C.C[N+](C)(C)C.[Yb]. The third kappa shape index (κ3) is 103. The van der Waals surface area contributed by atoms with Gasteiger partial charge in [-0.05, 0) is 0 Å². The average Bonchev–Trinajstić information content (AvgIpc) is 0.722. The zero-order chi connectivity index (χ0) is 4.50. The number of hydrogen-bond donors (Lipinski definition) is 0. The van der Waals surface area contributed by atoms with E-state index in [9.17, 15) is 0 Å². The van der Waals surface area contributed by atoms with Crippen molar-refractivity contribution in [3.63, 3.8) is 0 Å². The van der Waals surface area contributed by atoms with Gasteiger partial charge in [0.25, 0.3) is 0 Å². The molecule has 0 aromatic heterocycles. The molecular formula is C5H16NYb+. The molecule has 54 valence electrons. The minimum absolute atomic E-state index is 0. The van der Waals surface area contributed by atoms with Crippen LogP contribution in [0.15, 0.2) is 0 Å². The van der Waals surface area contributed by atoms with Crippen LogP contribution in [0.2, 0.25) is 0 Å². The van der Waals surface area contributed by atoms with Gasteiger partial charge < -0.3 is 4.48 Å². The van der Waals surface area contributed by atoms with Crippen molar-refractivity contribution < 1.29 is 51.4 Å². The van der Waals surface area contributed by atoms with Crippen LogP contribution in [0.1, 0.15) is 7.43 Å². The quantitative estimate of drug-likeness (QED) is 0.571. The normalized spacial score (nSPS) is 8.57. The maximum Gasteiger partial charge on any atom is 0.0675 e. The van der Waals surface area contributed by atoms with Crippen LogP contribution in [0.3, 0.4) is 0 Å². The fourth-order valence-corrected chi connectivity index (χ4v) is 0. The molecule has 0 saturated heterocycles. The van der Waals surface area contributed by atoms with Crippen molar-refractivity contribution in [3.8, 4) is 0 Å². The molecule has 2 heteroatoms. The van der Waals surface area contributed by atoms with Crippen LogP contribution >= 0.6 is 0 Å². The molecule has 0 unspecified atom stereocenters. The van der Waals surface area contributed by atoms with Crippen LogP contribution in [0.4, 0.5) is 0 Å². The van der Waals surface area contributed by atoms with Crippen LogP contribution in [-0.4, -0.2) is 32.7 Å². The Morgan fingerprint density at radius 2 is 0.857 bits per heavy atom. The van der Waals surface area contributed by atoms with Crippen LogP contribution < -0.4 is 0 Å². The van der Waals surface area contributed by atoms with E-state index in [0.29, 0.717) is 0 Å². The number of hydrogen-bond acceptors (Lipinski definition) is 0. The van der Waals surface area contributed by atoms with Gasteiger partial charge in [0.05, 0.1) is 28.2 Å². The second-order valence-electron chi connectivity index (χ2n) is 2.68. The van der Waals surface area contributed by atoms with Gasteiger partial charge in [-0.2, -0.15) is 0 Å². The third-order valence-electron chi connectivity index (χ3n) is 0. The molecule has 0 aliphatic rings. The molecule has 0 N–H and O–H groups in total. The van der Waals surface area contributed by atoms with E-state index in [1.54, 1.807) is 0 Å². The molecular weight excluding hydrogens is 247 g/mol. The summed E-state index contributed by atoms with van der Waals surface area (Å²) in [5.74, 6) is 0. The fourth-order valence-electron chi connectivity index (χ4n) is 0. The van der Waals surface area contributed by atoms with Gasteiger partial charge in [-0.1, -0.05) is 7.43 Å². The smallest absolute Gasteiger partial charge is 0.0675 e. The standard InChI is InChI=1S/C4H12N.CH4.Yb/c1-5(2,3)4;;/h1-4H3;1H4;/q+1;;. The summed E-state index contributed by atoms with van der Waals surface area (Å²) in [6, 6.07) is 0. The zero-order valence-corrected chi connectivity index (χ0v) is 6.43. The van der Waals surface area contributed by atoms with E-state index in [2.05, 4.69) is 28.2 Å². The molecule has 0 atom stereocenters. The Morgan fingerprint density at radius 1 is 0.857 bits per heavy atom. The summed E-state index contributed by atoms with van der Waals surface area (Å²) in [5.41, 5.74) is 0. The topological polar surface area (TPSA) is 0 Å². The van der Waals surface area contributed by atoms with Gasteiger partial charge in [-0.25, -0.2) is 0 Å². The monoisotopic (exact) mass is 264 g/mol. The second kappa shape index (κ2) is 5.61. The van der Waals surface area contributed by atoms with Crippen molar-refractivity contribution >= 4 is 0 Å². The van der Waals surface area contributed by atoms with Crippen molar-refractivity contribution in [3.05, 3.63) is 0 Å². The summed E-state index contributed by atoms with van der Waals surface area (Å²) in [4.78, 5) is 0. The zero-order valence-electron chi connectivity index (χ0n) is 4.71. The van der Waals surface area contributed by atoms with Crippen molar-refractivity contribution in [2.45, 2.75) is 7.43 Å². The molecule has 0 radical (unpaired) electrons. The minimum Gasteiger partial charge on any atom is -0.333 e.